The fraction of sp³-hybridized carbons (Fsp3) is 0.406. The topological polar surface area (TPSA) is 94.7 Å². The summed E-state index contributed by atoms with van der Waals surface area (Å²) in [6.45, 7) is 10.6. The third kappa shape index (κ3) is 8.93. The van der Waals surface area contributed by atoms with Crippen LogP contribution in [0.2, 0.25) is 0 Å². The molecule has 2 aliphatic rings. The summed E-state index contributed by atoms with van der Waals surface area (Å²) in [5.41, 5.74) is 1.97. The number of halogens is 3. The van der Waals surface area contributed by atoms with Crippen LogP contribution in [0.15, 0.2) is 61.2 Å². The number of fused-ring (bicyclic) bond motifs is 1. The van der Waals surface area contributed by atoms with Gasteiger partial charge in [0.05, 0.1) is 5.56 Å². The van der Waals surface area contributed by atoms with Crippen molar-refractivity contribution in [1.82, 2.24) is 20.2 Å². The number of nitrogens with zero attached hydrogens (tertiary/aromatic N) is 4. The molecule has 0 spiro atoms. The molecule has 44 heavy (non-hydrogen) atoms. The van der Waals surface area contributed by atoms with Gasteiger partial charge in [-0.2, -0.15) is 13.2 Å². The molecule has 0 radical (unpaired) electrons. The Kier molecular flexibility index (Phi) is 11.2. The van der Waals surface area contributed by atoms with Gasteiger partial charge in [0.1, 0.15) is 30.0 Å². The summed E-state index contributed by atoms with van der Waals surface area (Å²) in [5, 5.41) is 9.49. The number of carbonyl (C=O) groups is 1. The number of anilines is 3. The molecule has 5 rings (SSSR count). The van der Waals surface area contributed by atoms with Crippen LogP contribution in [0.25, 0.3) is 0 Å². The van der Waals surface area contributed by atoms with Gasteiger partial charge in [-0.1, -0.05) is 19.6 Å². The Morgan fingerprint density at radius 2 is 1.95 bits per heavy atom. The SMILES string of the molecule is C=C(Nc1ccc(CN(CC)CCNC2CC2)c(C(F)(F)F)c1)N1CCc2cc(Oc3cc(NC)ncn3)ccc21.CC=O. The Labute approximate surface area is 256 Å². The quantitative estimate of drug-likeness (QED) is 0.200. The molecule has 3 aromatic rings. The lowest BCUT2D eigenvalue weighted by molar-refractivity contribution is -0.138. The number of ether oxygens (including phenoxy) is 1. The van der Waals surface area contributed by atoms with E-state index in [4.69, 9.17) is 9.53 Å². The summed E-state index contributed by atoms with van der Waals surface area (Å²) in [6, 6.07) is 12.4. The maximum absolute atomic E-state index is 14.1. The molecular weight excluding hydrogens is 571 g/mol. The molecular formula is C32H40F3N7O2. The van der Waals surface area contributed by atoms with Crippen molar-refractivity contribution < 1.29 is 22.7 Å². The second-order valence-electron chi connectivity index (χ2n) is 10.6. The van der Waals surface area contributed by atoms with Gasteiger partial charge >= 0.3 is 6.18 Å². The molecule has 0 saturated heterocycles. The number of nitrogens with one attached hydrogen (secondary N) is 3. The predicted molar refractivity (Wildman–Crippen MR) is 167 cm³/mol. The van der Waals surface area contributed by atoms with Crippen LogP contribution in [-0.4, -0.2) is 60.4 Å². The molecule has 0 bridgehead atoms. The molecule has 0 atom stereocenters. The zero-order valence-corrected chi connectivity index (χ0v) is 25.4. The number of hydrogen-bond donors (Lipinski definition) is 3. The number of hydrogen-bond acceptors (Lipinski definition) is 9. The smallest absolute Gasteiger partial charge is 0.416 e. The molecule has 1 aromatic heterocycles. The fourth-order valence-electron chi connectivity index (χ4n) is 4.97. The average molecular weight is 612 g/mol. The summed E-state index contributed by atoms with van der Waals surface area (Å²) in [5.74, 6) is 2.22. The van der Waals surface area contributed by atoms with Crippen LogP contribution in [0.4, 0.5) is 30.4 Å². The lowest BCUT2D eigenvalue weighted by atomic mass is 10.0. The molecule has 9 nitrogen and oxygen atoms in total. The number of carbonyl (C=O) groups excluding carboxylic acids is 1. The Morgan fingerprint density at radius 3 is 2.64 bits per heavy atom. The number of rotatable bonds is 13. The van der Waals surface area contributed by atoms with Crippen molar-refractivity contribution in [3.63, 3.8) is 0 Å². The van der Waals surface area contributed by atoms with E-state index in [0.29, 0.717) is 54.6 Å². The Hall–Kier alpha value is -4.16. The summed E-state index contributed by atoms with van der Waals surface area (Å²) in [7, 11) is 1.77. The van der Waals surface area contributed by atoms with Crippen molar-refractivity contribution in [2.24, 2.45) is 0 Å². The van der Waals surface area contributed by atoms with Crippen molar-refractivity contribution in [3.05, 3.63) is 77.9 Å². The van der Waals surface area contributed by atoms with Crippen LogP contribution in [-0.2, 0) is 23.9 Å². The minimum absolute atomic E-state index is 0.244. The van der Waals surface area contributed by atoms with Gasteiger partial charge in [-0.15, -0.1) is 0 Å². The predicted octanol–water partition coefficient (Wildman–Crippen LogP) is 6.05. The van der Waals surface area contributed by atoms with E-state index in [1.54, 1.807) is 25.2 Å². The molecule has 12 heteroatoms. The van der Waals surface area contributed by atoms with Gasteiger partial charge in [0.2, 0.25) is 5.88 Å². The maximum atomic E-state index is 14.1. The van der Waals surface area contributed by atoms with Crippen molar-refractivity contribution in [2.75, 3.05) is 48.8 Å². The lowest BCUT2D eigenvalue weighted by Gasteiger charge is -2.25. The largest absolute Gasteiger partial charge is 0.439 e. The van der Waals surface area contributed by atoms with Gasteiger partial charge in [-0.05, 0) is 74.2 Å². The van der Waals surface area contributed by atoms with Gasteiger partial charge in [0.15, 0.2) is 0 Å². The third-order valence-corrected chi connectivity index (χ3v) is 7.38. The van der Waals surface area contributed by atoms with E-state index in [1.807, 2.05) is 34.9 Å². The summed E-state index contributed by atoms with van der Waals surface area (Å²) in [6.07, 6.45) is 0.827. The van der Waals surface area contributed by atoms with Gasteiger partial charge in [0, 0.05) is 56.7 Å². The van der Waals surface area contributed by atoms with Gasteiger partial charge in [0.25, 0.3) is 0 Å². The molecule has 1 saturated carbocycles. The fourth-order valence-corrected chi connectivity index (χ4v) is 4.97. The molecule has 1 aliphatic carbocycles. The normalized spacial score (nSPS) is 14.0. The average Bonchev–Trinajstić information content (AvgIpc) is 3.73. The first kappa shape index (κ1) is 32.7. The summed E-state index contributed by atoms with van der Waals surface area (Å²) >= 11 is 0. The van der Waals surface area contributed by atoms with E-state index in [1.165, 1.54) is 32.2 Å². The van der Waals surface area contributed by atoms with E-state index in [9.17, 15) is 13.2 Å². The van der Waals surface area contributed by atoms with Crippen LogP contribution in [0.5, 0.6) is 11.6 Å². The highest BCUT2D eigenvalue weighted by Crippen LogP contribution is 2.37. The van der Waals surface area contributed by atoms with E-state index in [2.05, 4.69) is 32.5 Å². The summed E-state index contributed by atoms with van der Waals surface area (Å²) < 4.78 is 48.2. The van der Waals surface area contributed by atoms with Crippen LogP contribution in [0.1, 0.15) is 43.4 Å². The van der Waals surface area contributed by atoms with Gasteiger partial charge in [-0.3, -0.25) is 4.90 Å². The first-order chi connectivity index (χ1) is 21.1. The van der Waals surface area contributed by atoms with Crippen molar-refractivity contribution >= 4 is 23.5 Å². The van der Waals surface area contributed by atoms with Crippen LogP contribution in [0, 0.1) is 0 Å². The zero-order valence-electron chi connectivity index (χ0n) is 25.4. The van der Waals surface area contributed by atoms with E-state index in [-0.39, 0.29) is 12.1 Å². The molecule has 3 N–H and O–H groups in total. The number of alkyl halides is 3. The molecule has 0 amide bonds. The molecule has 1 aliphatic heterocycles. The van der Waals surface area contributed by atoms with Crippen molar-refractivity contribution in [3.8, 4) is 11.6 Å². The van der Waals surface area contributed by atoms with E-state index in [0.717, 1.165) is 30.5 Å². The first-order valence-electron chi connectivity index (χ1n) is 14.7. The minimum Gasteiger partial charge on any atom is -0.439 e. The molecule has 2 heterocycles. The Balaban J connectivity index is 0.00000141. The van der Waals surface area contributed by atoms with Crippen molar-refractivity contribution in [1.29, 1.82) is 0 Å². The number of aromatic nitrogens is 2. The van der Waals surface area contributed by atoms with Crippen LogP contribution < -0.4 is 25.6 Å². The number of benzene rings is 2. The summed E-state index contributed by atoms with van der Waals surface area (Å²) in [4.78, 5) is 21.0. The molecule has 1 fully saturated rings. The Morgan fingerprint density at radius 1 is 1.18 bits per heavy atom. The minimum atomic E-state index is -4.46. The highest BCUT2D eigenvalue weighted by atomic mass is 19.4. The Bertz CT molecular complexity index is 1430. The standard InChI is InChI=1S/C30H36F3N7O.C2H4O/c1-4-39(14-12-35-23-7-8-23)18-22-5-6-24(16-26(22)30(31,32)33)38-20(2)40-13-11-21-15-25(9-10-27(21)40)41-29-17-28(34-3)36-19-37-29;1-2-3/h5-6,9-10,15-17,19,23,35,38H,2,4,7-8,11-14,18H2,1,3H3,(H,34,36,37);2H,1H3. The van der Waals surface area contributed by atoms with Crippen LogP contribution in [0.3, 0.4) is 0 Å². The zero-order chi connectivity index (χ0) is 31.7. The van der Waals surface area contributed by atoms with E-state index >= 15 is 0 Å². The highest BCUT2D eigenvalue weighted by molar-refractivity contribution is 5.66. The second-order valence-corrected chi connectivity index (χ2v) is 10.6. The lowest BCUT2D eigenvalue weighted by Crippen LogP contribution is -2.33. The number of aldehydes is 1. The highest BCUT2D eigenvalue weighted by Gasteiger charge is 2.34. The molecule has 0 unspecified atom stereocenters. The first-order valence-corrected chi connectivity index (χ1v) is 14.7. The monoisotopic (exact) mass is 611 g/mol. The van der Waals surface area contributed by atoms with Gasteiger partial charge in [-0.25, -0.2) is 9.97 Å². The number of likely N-dealkylation sites (N-methyl/N-ethyl adjacent to an activating group) is 1. The molecule has 236 valence electrons. The maximum Gasteiger partial charge on any atom is 0.416 e. The third-order valence-electron chi connectivity index (χ3n) is 7.38. The van der Waals surface area contributed by atoms with E-state index < -0.39 is 11.7 Å². The van der Waals surface area contributed by atoms with Gasteiger partial charge < -0.3 is 30.4 Å². The van der Waals surface area contributed by atoms with Crippen molar-refractivity contribution in [2.45, 2.75) is 51.9 Å². The van der Waals surface area contributed by atoms with Crippen LogP contribution >= 0.6 is 0 Å². The second kappa shape index (κ2) is 15.0. The molecule has 2 aromatic carbocycles.